The van der Waals surface area contributed by atoms with E-state index in [0.29, 0.717) is 0 Å². The molecule has 4 heteroatoms. The third kappa shape index (κ3) is 3.04. The Labute approximate surface area is 220 Å². The van der Waals surface area contributed by atoms with Crippen molar-refractivity contribution in [1.29, 1.82) is 0 Å². The first kappa shape index (κ1) is 21.2. The van der Waals surface area contributed by atoms with E-state index in [4.69, 9.17) is 4.98 Å². The van der Waals surface area contributed by atoms with Crippen LogP contribution in [-0.4, -0.2) is 19.1 Å². The zero-order valence-corrected chi connectivity index (χ0v) is 20.8. The third-order valence-electron chi connectivity index (χ3n) is 7.73. The lowest BCUT2D eigenvalue weighted by atomic mass is 10.00. The summed E-state index contributed by atoms with van der Waals surface area (Å²) in [5, 5.41) is 3.79. The van der Waals surface area contributed by atoms with E-state index in [1.54, 1.807) is 0 Å². The van der Waals surface area contributed by atoms with Gasteiger partial charge < -0.3 is 9.13 Å². The Morgan fingerprint density at radius 3 is 2.29 bits per heavy atom. The first-order chi connectivity index (χ1) is 18.9. The molecule has 38 heavy (non-hydrogen) atoms. The molecule has 180 valence electrons. The number of allylic oxidation sites excluding steroid dienone is 1. The molecule has 0 unspecified atom stereocenters. The van der Waals surface area contributed by atoms with Crippen molar-refractivity contribution in [2.24, 2.45) is 0 Å². The molecule has 0 spiro atoms. The zero-order chi connectivity index (χ0) is 25.1. The Hall–Kier alpha value is -4.96. The second kappa shape index (κ2) is 8.29. The summed E-state index contributed by atoms with van der Waals surface area (Å²) >= 11 is 0. The van der Waals surface area contributed by atoms with Gasteiger partial charge in [0.15, 0.2) is 0 Å². The standard InChI is InChI=1S/C34H24N4/c1-2-9-23(10-3-1)30-19-16-25(22-36-30)38-32-15-7-5-13-27(32)29-18-17-28-26-12-4-6-14-31(26)37(33(28)34(29)38)24-11-8-20-35-21-24/h1-4,6-12,14-22H,5,13H2. The van der Waals surface area contributed by atoms with Crippen molar-refractivity contribution in [3.63, 3.8) is 0 Å². The molecule has 7 aromatic rings. The molecule has 8 rings (SSSR count). The summed E-state index contributed by atoms with van der Waals surface area (Å²) in [6.07, 6.45) is 12.5. The molecule has 4 heterocycles. The number of hydrogen-bond donors (Lipinski definition) is 0. The second-order valence-corrected chi connectivity index (χ2v) is 9.83. The molecule has 0 aliphatic heterocycles. The summed E-state index contributed by atoms with van der Waals surface area (Å²) in [6.45, 7) is 0. The van der Waals surface area contributed by atoms with Gasteiger partial charge in [0.1, 0.15) is 0 Å². The summed E-state index contributed by atoms with van der Waals surface area (Å²) in [5.74, 6) is 0. The van der Waals surface area contributed by atoms with Crippen LogP contribution in [0.25, 0.3) is 61.4 Å². The highest BCUT2D eigenvalue weighted by Crippen LogP contribution is 2.42. The lowest BCUT2D eigenvalue weighted by molar-refractivity contribution is 0.965. The van der Waals surface area contributed by atoms with Crippen molar-refractivity contribution in [1.82, 2.24) is 19.1 Å². The maximum atomic E-state index is 4.90. The molecule has 4 aromatic heterocycles. The number of nitrogens with zero attached hydrogens (tertiary/aromatic N) is 4. The van der Waals surface area contributed by atoms with Crippen LogP contribution < -0.4 is 0 Å². The van der Waals surface area contributed by atoms with Crippen LogP contribution in [0.5, 0.6) is 0 Å². The Morgan fingerprint density at radius 1 is 0.632 bits per heavy atom. The van der Waals surface area contributed by atoms with Crippen LogP contribution in [0.15, 0.2) is 116 Å². The summed E-state index contributed by atoms with van der Waals surface area (Å²) < 4.78 is 4.79. The highest BCUT2D eigenvalue weighted by Gasteiger charge is 2.24. The molecule has 0 bridgehead atoms. The van der Waals surface area contributed by atoms with Crippen molar-refractivity contribution in [2.75, 3.05) is 0 Å². The van der Waals surface area contributed by atoms with E-state index in [0.717, 1.165) is 35.5 Å². The number of benzene rings is 3. The van der Waals surface area contributed by atoms with E-state index in [-0.39, 0.29) is 0 Å². The molecule has 0 radical (unpaired) electrons. The van der Waals surface area contributed by atoms with E-state index in [1.165, 1.54) is 44.0 Å². The van der Waals surface area contributed by atoms with Crippen molar-refractivity contribution in [2.45, 2.75) is 12.8 Å². The summed E-state index contributed by atoms with van der Waals surface area (Å²) in [7, 11) is 0. The van der Waals surface area contributed by atoms with Crippen molar-refractivity contribution < 1.29 is 0 Å². The normalized spacial score (nSPS) is 12.9. The van der Waals surface area contributed by atoms with E-state index >= 15 is 0 Å². The Kier molecular flexibility index (Phi) is 4.61. The van der Waals surface area contributed by atoms with Crippen LogP contribution in [0.3, 0.4) is 0 Å². The number of aryl methyl sites for hydroxylation is 1. The number of hydrogen-bond acceptors (Lipinski definition) is 2. The van der Waals surface area contributed by atoms with Crippen molar-refractivity contribution in [3.8, 4) is 22.6 Å². The van der Waals surface area contributed by atoms with Crippen LogP contribution in [0.2, 0.25) is 0 Å². The molecule has 0 atom stereocenters. The van der Waals surface area contributed by atoms with Gasteiger partial charge in [-0.3, -0.25) is 9.97 Å². The maximum absolute atomic E-state index is 4.90. The summed E-state index contributed by atoms with van der Waals surface area (Å²) in [4.78, 5) is 9.37. The van der Waals surface area contributed by atoms with Gasteiger partial charge in [-0.05, 0) is 54.8 Å². The molecule has 0 saturated carbocycles. The molecular weight excluding hydrogens is 464 g/mol. The van der Waals surface area contributed by atoms with Crippen LogP contribution in [-0.2, 0) is 6.42 Å². The lowest BCUT2D eigenvalue weighted by Gasteiger charge is -2.14. The average Bonchev–Trinajstić information content (AvgIpc) is 3.51. The first-order valence-electron chi connectivity index (χ1n) is 13.1. The minimum atomic E-state index is 0.977. The van der Waals surface area contributed by atoms with Gasteiger partial charge in [0.05, 0.1) is 46.0 Å². The minimum absolute atomic E-state index is 0.977. The largest absolute Gasteiger partial charge is 0.306 e. The van der Waals surface area contributed by atoms with Crippen LogP contribution >= 0.6 is 0 Å². The third-order valence-corrected chi connectivity index (χ3v) is 7.73. The second-order valence-electron chi connectivity index (χ2n) is 9.83. The minimum Gasteiger partial charge on any atom is -0.306 e. The van der Waals surface area contributed by atoms with Gasteiger partial charge in [-0.25, -0.2) is 0 Å². The Bertz CT molecular complexity index is 1990. The number of para-hydroxylation sites is 1. The lowest BCUT2D eigenvalue weighted by Crippen LogP contribution is -2.02. The molecule has 1 aliphatic carbocycles. The smallest absolute Gasteiger partial charge is 0.0789 e. The monoisotopic (exact) mass is 488 g/mol. The molecular formula is C34H24N4. The fourth-order valence-corrected chi connectivity index (χ4v) is 6.08. The topological polar surface area (TPSA) is 35.6 Å². The van der Waals surface area contributed by atoms with Gasteiger partial charge in [-0.1, -0.05) is 66.7 Å². The van der Waals surface area contributed by atoms with Gasteiger partial charge in [0.25, 0.3) is 0 Å². The van der Waals surface area contributed by atoms with Gasteiger partial charge >= 0.3 is 0 Å². The van der Waals surface area contributed by atoms with Gasteiger partial charge in [0, 0.05) is 33.6 Å². The first-order valence-corrected chi connectivity index (χ1v) is 13.1. The molecule has 0 N–H and O–H groups in total. The molecule has 4 nitrogen and oxygen atoms in total. The van der Waals surface area contributed by atoms with Crippen LogP contribution in [0.1, 0.15) is 17.7 Å². The number of fused-ring (bicyclic) bond motifs is 7. The van der Waals surface area contributed by atoms with Crippen molar-refractivity contribution in [3.05, 3.63) is 127 Å². The molecule has 1 aliphatic rings. The highest BCUT2D eigenvalue weighted by molar-refractivity contribution is 6.19. The van der Waals surface area contributed by atoms with Crippen LogP contribution in [0.4, 0.5) is 0 Å². The molecule has 3 aromatic carbocycles. The SMILES string of the molecule is C1=Cc2c(c3ccc4c5ccccc5n(-c5cccnc5)c4c3n2-c2ccc(-c3ccccc3)nc2)CC1. The number of rotatable bonds is 3. The fraction of sp³-hybridized carbons (Fsp3) is 0.0588. The van der Waals surface area contributed by atoms with E-state index in [2.05, 4.69) is 105 Å². The predicted molar refractivity (Wildman–Crippen MR) is 156 cm³/mol. The number of aromatic nitrogens is 4. The summed E-state index contributed by atoms with van der Waals surface area (Å²) in [6, 6.07) is 32.1. The van der Waals surface area contributed by atoms with Crippen LogP contribution in [0, 0.1) is 0 Å². The average molecular weight is 489 g/mol. The number of pyridine rings is 2. The Morgan fingerprint density at radius 2 is 1.45 bits per heavy atom. The molecule has 0 saturated heterocycles. The van der Waals surface area contributed by atoms with E-state index < -0.39 is 0 Å². The van der Waals surface area contributed by atoms with E-state index in [1.807, 2.05) is 30.7 Å². The van der Waals surface area contributed by atoms with Crippen molar-refractivity contribution >= 4 is 38.8 Å². The highest BCUT2D eigenvalue weighted by atomic mass is 15.1. The van der Waals surface area contributed by atoms with Gasteiger partial charge in [-0.2, -0.15) is 0 Å². The zero-order valence-electron chi connectivity index (χ0n) is 20.8. The maximum Gasteiger partial charge on any atom is 0.0789 e. The van der Waals surface area contributed by atoms with Gasteiger partial charge in [-0.15, -0.1) is 0 Å². The fourth-order valence-electron chi connectivity index (χ4n) is 6.08. The summed E-state index contributed by atoms with van der Waals surface area (Å²) in [5.41, 5.74) is 10.5. The Balaban J connectivity index is 1.50. The molecule has 0 fully saturated rings. The van der Waals surface area contributed by atoms with Gasteiger partial charge in [0.2, 0.25) is 0 Å². The quantitative estimate of drug-likeness (QED) is 0.252. The van der Waals surface area contributed by atoms with E-state index in [9.17, 15) is 0 Å². The predicted octanol–water partition coefficient (Wildman–Crippen LogP) is 8.14. The molecule has 0 amide bonds.